The molecule has 0 N–H and O–H groups in total. The van der Waals surface area contributed by atoms with Gasteiger partial charge < -0.3 is 4.90 Å². The van der Waals surface area contributed by atoms with Crippen LogP contribution in [0, 0.1) is 56.7 Å². The van der Waals surface area contributed by atoms with Crippen molar-refractivity contribution in [3.8, 4) is 52.6 Å². The van der Waals surface area contributed by atoms with Crippen molar-refractivity contribution in [1.82, 2.24) is 0 Å². The summed E-state index contributed by atoms with van der Waals surface area (Å²) in [6, 6.07) is 48.3. The molecule has 206 valence electrons. The van der Waals surface area contributed by atoms with E-state index in [1.54, 1.807) is 36.4 Å². The third-order valence-corrected chi connectivity index (χ3v) is 7.56. The fraction of sp³-hybridized carbons (Fsp3) is 0. The van der Waals surface area contributed by atoms with Crippen molar-refractivity contribution >= 4 is 27.8 Å². The van der Waals surface area contributed by atoms with Crippen molar-refractivity contribution in [1.29, 1.82) is 26.3 Å². The zero-order valence-electron chi connectivity index (χ0n) is 23.7. The largest absolute Gasteiger partial charge is 0.310 e. The highest BCUT2D eigenvalue weighted by molar-refractivity contribution is 6.01. The molecule has 0 aliphatic rings. The molecule has 0 aromatic heterocycles. The van der Waals surface area contributed by atoms with E-state index in [9.17, 15) is 26.3 Å². The fourth-order valence-electron chi connectivity index (χ4n) is 5.46. The van der Waals surface area contributed by atoms with E-state index >= 15 is 0 Å². The number of rotatable bonds is 5. The molecule has 0 unspecified atom stereocenters. The Morgan fingerprint density at radius 1 is 0.378 bits per heavy atom. The maximum atomic E-state index is 9.78. The van der Waals surface area contributed by atoms with Crippen LogP contribution >= 0.6 is 0 Å². The number of fused-ring (bicyclic) bond motifs is 1. The third-order valence-electron chi connectivity index (χ3n) is 7.56. The third kappa shape index (κ3) is 5.42. The molecule has 0 aliphatic heterocycles. The van der Waals surface area contributed by atoms with Crippen LogP contribution in [-0.4, -0.2) is 0 Å². The second-order valence-electron chi connectivity index (χ2n) is 10.3. The summed E-state index contributed by atoms with van der Waals surface area (Å²) in [6.45, 7) is 0. The van der Waals surface area contributed by atoms with Crippen LogP contribution in [0.1, 0.15) is 27.8 Å². The molecule has 0 bridgehead atoms. The highest BCUT2D eigenvalue weighted by atomic mass is 15.1. The van der Waals surface area contributed by atoms with Gasteiger partial charge >= 0.3 is 0 Å². The summed E-state index contributed by atoms with van der Waals surface area (Å²) >= 11 is 0. The Kier molecular flexibility index (Phi) is 7.45. The predicted octanol–water partition coefficient (Wildman–Crippen LogP) is 9.00. The smallest absolute Gasteiger partial charge is 0.0998 e. The van der Waals surface area contributed by atoms with Crippen LogP contribution in [0.4, 0.5) is 17.1 Å². The van der Waals surface area contributed by atoms with Crippen molar-refractivity contribution in [2.24, 2.45) is 0 Å². The van der Waals surface area contributed by atoms with Crippen molar-refractivity contribution in [2.45, 2.75) is 0 Å². The average molecular weight is 573 g/mol. The monoisotopic (exact) mass is 572 g/mol. The molecule has 0 amide bonds. The zero-order chi connectivity index (χ0) is 31.3. The van der Waals surface area contributed by atoms with Gasteiger partial charge in [0.05, 0.1) is 63.9 Å². The number of hydrogen-bond donors (Lipinski definition) is 0. The Bertz CT molecular complexity index is 2130. The minimum atomic E-state index is 0.418. The van der Waals surface area contributed by atoms with Gasteiger partial charge in [0.15, 0.2) is 0 Å². The zero-order valence-corrected chi connectivity index (χ0v) is 23.7. The van der Waals surface area contributed by atoms with Crippen LogP contribution in [-0.2, 0) is 0 Å². The SMILES string of the molecule is N#Cc1cc(C#N)cc(-c2ccc(N(c3ccc(-c4cc(C#N)cc(C#N)c4)cc3)c3ccc(C#N)c4ccccc34)cc2)c1. The first-order valence-corrected chi connectivity index (χ1v) is 13.9. The lowest BCUT2D eigenvalue weighted by Gasteiger charge is -2.27. The van der Waals surface area contributed by atoms with Gasteiger partial charge in [-0.05, 0) is 95.1 Å². The first kappa shape index (κ1) is 28.0. The van der Waals surface area contributed by atoms with Crippen LogP contribution < -0.4 is 4.90 Å². The van der Waals surface area contributed by atoms with Crippen LogP contribution in [0.15, 0.2) is 121 Å². The standard InChI is InChI=1S/C39H20N6/c40-21-26-15-27(22-41)18-33(17-26)30-5-10-35(11-6-30)45(39-14-9-32(25-44)37-3-1-2-4-38(37)39)36-12-7-31(8-13-36)34-19-28(23-42)16-29(20-34)24-43/h1-20H. The van der Waals surface area contributed by atoms with Gasteiger partial charge in [-0.2, -0.15) is 26.3 Å². The second kappa shape index (κ2) is 12.0. The number of hydrogen-bond acceptors (Lipinski definition) is 6. The number of nitriles is 5. The van der Waals surface area contributed by atoms with Gasteiger partial charge in [-0.1, -0.05) is 48.5 Å². The number of benzene rings is 6. The summed E-state index contributed by atoms with van der Waals surface area (Å²) in [4.78, 5) is 2.11. The lowest BCUT2D eigenvalue weighted by atomic mass is 9.98. The molecule has 0 heterocycles. The summed E-state index contributed by atoms with van der Waals surface area (Å²) in [5.41, 5.74) is 8.10. The van der Waals surface area contributed by atoms with Gasteiger partial charge in [-0.25, -0.2) is 0 Å². The molecule has 0 saturated carbocycles. The van der Waals surface area contributed by atoms with Crippen LogP contribution in [0.2, 0.25) is 0 Å². The molecule has 6 aromatic carbocycles. The van der Waals surface area contributed by atoms with E-state index in [2.05, 4.69) is 35.2 Å². The molecule has 0 saturated heterocycles. The highest BCUT2D eigenvalue weighted by Crippen LogP contribution is 2.41. The first-order valence-electron chi connectivity index (χ1n) is 13.9. The Labute approximate surface area is 260 Å². The van der Waals surface area contributed by atoms with Gasteiger partial charge in [0.25, 0.3) is 0 Å². The van der Waals surface area contributed by atoms with Crippen molar-refractivity contribution in [3.63, 3.8) is 0 Å². The molecule has 6 nitrogen and oxygen atoms in total. The Morgan fingerprint density at radius 2 is 0.800 bits per heavy atom. The lowest BCUT2D eigenvalue weighted by molar-refractivity contribution is 1.29. The summed E-state index contributed by atoms with van der Waals surface area (Å²) in [5.74, 6) is 0. The van der Waals surface area contributed by atoms with Crippen LogP contribution in [0.25, 0.3) is 33.0 Å². The van der Waals surface area contributed by atoms with Gasteiger partial charge in [-0.3, -0.25) is 0 Å². The van der Waals surface area contributed by atoms with Crippen molar-refractivity contribution in [3.05, 3.63) is 149 Å². The topological polar surface area (TPSA) is 122 Å². The molecule has 0 radical (unpaired) electrons. The normalized spacial score (nSPS) is 10.1. The fourth-order valence-corrected chi connectivity index (χ4v) is 5.46. The van der Waals surface area contributed by atoms with Crippen molar-refractivity contribution in [2.75, 3.05) is 4.90 Å². The molecule has 0 fully saturated rings. The summed E-state index contributed by atoms with van der Waals surface area (Å²) < 4.78 is 0. The minimum absolute atomic E-state index is 0.418. The number of nitrogens with zero attached hydrogens (tertiary/aromatic N) is 6. The van der Waals surface area contributed by atoms with E-state index in [4.69, 9.17) is 0 Å². The average Bonchev–Trinajstić information content (AvgIpc) is 3.11. The molecule has 6 rings (SSSR count). The molecule has 6 aromatic rings. The van der Waals surface area contributed by atoms with Crippen LogP contribution in [0.3, 0.4) is 0 Å². The molecule has 6 heteroatoms. The first-order chi connectivity index (χ1) is 22.0. The van der Waals surface area contributed by atoms with E-state index in [0.29, 0.717) is 27.8 Å². The maximum absolute atomic E-state index is 9.78. The molecule has 45 heavy (non-hydrogen) atoms. The lowest BCUT2D eigenvalue weighted by Crippen LogP contribution is -2.10. The van der Waals surface area contributed by atoms with E-state index in [-0.39, 0.29) is 0 Å². The Hall–Kier alpha value is -7.17. The predicted molar refractivity (Wildman–Crippen MR) is 173 cm³/mol. The molecular weight excluding hydrogens is 552 g/mol. The van der Waals surface area contributed by atoms with Crippen molar-refractivity contribution < 1.29 is 0 Å². The Morgan fingerprint density at radius 3 is 1.20 bits per heavy atom. The molecule has 0 atom stereocenters. The minimum Gasteiger partial charge on any atom is -0.310 e. The highest BCUT2D eigenvalue weighted by Gasteiger charge is 2.17. The van der Waals surface area contributed by atoms with E-state index < -0.39 is 0 Å². The summed E-state index contributed by atoms with van der Waals surface area (Å²) in [5, 5.41) is 49.3. The molecule has 0 spiro atoms. The van der Waals surface area contributed by atoms with E-state index in [1.807, 2.05) is 84.9 Å². The maximum Gasteiger partial charge on any atom is 0.0998 e. The molecular formula is C39H20N6. The van der Waals surface area contributed by atoms with Crippen LogP contribution in [0.5, 0.6) is 0 Å². The van der Waals surface area contributed by atoms with E-state index in [1.165, 1.54) is 0 Å². The van der Waals surface area contributed by atoms with Gasteiger partial charge in [-0.15, -0.1) is 0 Å². The summed E-state index contributed by atoms with van der Waals surface area (Å²) in [6.07, 6.45) is 0. The quantitative estimate of drug-likeness (QED) is 0.203. The van der Waals surface area contributed by atoms with Gasteiger partial charge in [0, 0.05) is 22.1 Å². The summed E-state index contributed by atoms with van der Waals surface area (Å²) in [7, 11) is 0. The number of anilines is 3. The van der Waals surface area contributed by atoms with Gasteiger partial charge in [0.2, 0.25) is 0 Å². The van der Waals surface area contributed by atoms with E-state index in [0.717, 1.165) is 50.1 Å². The molecule has 0 aliphatic carbocycles. The van der Waals surface area contributed by atoms with Gasteiger partial charge in [0.1, 0.15) is 0 Å². The Balaban J connectivity index is 1.49. The second-order valence-corrected chi connectivity index (χ2v) is 10.3.